The van der Waals surface area contributed by atoms with Crippen molar-refractivity contribution in [2.75, 3.05) is 51.0 Å². The first kappa shape index (κ1) is 17.1. The summed E-state index contributed by atoms with van der Waals surface area (Å²) in [5.41, 5.74) is 0.362. The minimum absolute atomic E-state index is 0.0132. The topological polar surface area (TPSA) is 87.4 Å². The van der Waals surface area contributed by atoms with Crippen LogP contribution in [0.3, 0.4) is 0 Å². The van der Waals surface area contributed by atoms with Gasteiger partial charge in [0.1, 0.15) is 5.69 Å². The summed E-state index contributed by atoms with van der Waals surface area (Å²) < 4.78 is 0. The molecular weight excluding hydrogens is 272 g/mol. The van der Waals surface area contributed by atoms with Crippen molar-refractivity contribution in [2.24, 2.45) is 0 Å². The fourth-order valence-electron chi connectivity index (χ4n) is 2.09. The molecule has 0 radical (unpaired) electrons. The Morgan fingerprint density at radius 1 is 1.29 bits per heavy atom. The third kappa shape index (κ3) is 4.52. The predicted octanol–water partition coefficient (Wildman–Crippen LogP) is 1.51. The standard InChI is InChI=1S/C13H24N6O2/c1-6-18(9-7-8-17(4)5)12-11(19(20)21)10(2)15-13(14-3)16-12/h6-9H2,1-5H3,(H,14,15,16). The molecule has 1 rings (SSSR count). The Balaban J connectivity index is 3.10. The van der Waals surface area contributed by atoms with Crippen molar-refractivity contribution in [3.63, 3.8) is 0 Å². The van der Waals surface area contributed by atoms with Crippen LogP contribution in [0.1, 0.15) is 19.0 Å². The van der Waals surface area contributed by atoms with Crippen LogP contribution in [0.15, 0.2) is 0 Å². The Morgan fingerprint density at radius 3 is 2.43 bits per heavy atom. The van der Waals surface area contributed by atoms with Gasteiger partial charge in [0.25, 0.3) is 0 Å². The van der Waals surface area contributed by atoms with E-state index in [2.05, 4.69) is 20.2 Å². The maximum absolute atomic E-state index is 11.3. The normalized spacial score (nSPS) is 10.8. The molecule has 0 bridgehead atoms. The molecule has 118 valence electrons. The van der Waals surface area contributed by atoms with Crippen LogP contribution >= 0.6 is 0 Å². The molecule has 0 aliphatic carbocycles. The van der Waals surface area contributed by atoms with Crippen molar-refractivity contribution in [1.82, 2.24) is 14.9 Å². The third-order valence-electron chi connectivity index (χ3n) is 3.16. The summed E-state index contributed by atoms with van der Waals surface area (Å²) in [6.45, 7) is 5.91. The highest BCUT2D eigenvalue weighted by Gasteiger charge is 2.25. The molecule has 0 fully saturated rings. The summed E-state index contributed by atoms with van der Waals surface area (Å²) in [5, 5.41) is 14.2. The zero-order valence-corrected chi connectivity index (χ0v) is 13.4. The average Bonchev–Trinajstić information content (AvgIpc) is 2.41. The Bertz CT molecular complexity index is 492. The Kier molecular flexibility index (Phi) is 6.29. The van der Waals surface area contributed by atoms with E-state index in [1.54, 1.807) is 14.0 Å². The van der Waals surface area contributed by atoms with Gasteiger partial charge in [-0.1, -0.05) is 0 Å². The molecule has 1 N–H and O–H groups in total. The van der Waals surface area contributed by atoms with Crippen LogP contribution < -0.4 is 10.2 Å². The lowest BCUT2D eigenvalue weighted by Gasteiger charge is -2.23. The van der Waals surface area contributed by atoms with E-state index in [9.17, 15) is 10.1 Å². The maximum atomic E-state index is 11.3. The van der Waals surface area contributed by atoms with Gasteiger partial charge >= 0.3 is 5.69 Å². The van der Waals surface area contributed by atoms with Crippen molar-refractivity contribution in [3.8, 4) is 0 Å². The van der Waals surface area contributed by atoms with Crippen LogP contribution in [-0.2, 0) is 0 Å². The number of hydrogen-bond acceptors (Lipinski definition) is 7. The van der Waals surface area contributed by atoms with Crippen LogP contribution in [0, 0.1) is 17.0 Å². The van der Waals surface area contributed by atoms with Crippen molar-refractivity contribution in [2.45, 2.75) is 20.3 Å². The highest BCUT2D eigenvalue weighted by Crippen LogP contribution is 2.29. The number of anilines is 2. The van der Waals surface area contributed by atoms with Crippen LogP contribution in [0.4, 0.5) is 17.5 Å². The van der Waals surface area contributed by atoms with E-state index in [0.717, 1.165) is 19.5 Å². The molecule has 0 spiro atoms. The maximum Gasteiger partial charge on any atom is 0.332 e. The Hall–Kier alpha value is -1.96. The van der Waals surface area contributed by atoms with E-state index in [-0.39, 0.29) is 5.69 Å². The van der Waals surface area contributed by atoms with Gasteiger partial charge in [-0.2, -0.15) is 4.98 Å². The summed E-state index contributed by atoms with van der Waals surface area (Å²) in [6, 6.07) is 0. The van der Waals surface area contributed by atoms with Gasteiger partial charge in [-0.3, -0.25) is 10.1 Å². The largest absolute Gasteiger partial charge is 0.357 e. The summed E-state index contributed by atoms with van der Waals surface area (Å²) >= 11 is 0. The molecule has 1 aromatic rings. The molecule has 8 heteroatoms. The van der Waals surface area contributed by atoms with Crippen molar-refractivity contribution in [3.05, 3.63) is 15.8 Å². The molecule has 1 aromatic heterocycles. The van der Waals surface area contributed by atoms with E-state index in [1.165, 1.54) is 0 Å². The number of aryl methyl sites for hydroxylation is 1. The molecular formula is C13H24N6O2. The second-order valence-electron chi connectivity index (χ2n) is 5.05. The number of rotatable bonds is 8. The quantitative estimate of drug-likeness (QED) is 0.574. The second kappa shape index (κ2) is 7.72. The summed E-state index contributed by atoms with van der Waals surface area (Å²) in [6.07, 6.45) is 0.913. The van der Waals surface area contributed by atoms with E-state index in [0.29, 0.717) is 24.0 Å². The first-order chi connectivity index (χ1) is 9.90. The van der Waals surface area contributed by atoms with Crippen molar-refractivity contribution >= 4 is 17.5 Å². The lowest BCUT2D eigenvalue weighted by Crippen LogP contribution is -2.29. The van der Waals surface area contributed by atoms with Gasteiger partial charge in [0.2, 0.25) is 11.8 Å². The number of nitrogens with one attached hydrogen (secondary N) is 1. The lowest BCUT2D eigenvalue weighted by atomic mass is 10.3. The van der Waals surface area contributed by atoms with Gasteiger partial charge in [0.15, 0.2) is 0 Å². The molecule has 0 saturated carbocycles. The van der Waals surface area contributed by atoms with Gasteiger partial charge in [-0.05, 0) is 40.9 Å². The van der Waals surface area contributed by atoms with Crippen LogP contribution in [0.2, 0.25) is 0 Å². The highest BCUT2D eigenvalue weighted by molar-refractivity contribution is 5.62. The zero-order chi connectivity index (χ0) is 16.0. The Labute approximate surface area is 125 Å². The number of aromatic nitrogens is 2. The van der Waals surface area contributed by atoms with Gasteiger partial charge in [0, 0.05) is 20.1 Å². The number of nitro groups is 1. The molecule has 0 aromatic carbocycles. The van der Waals surface area contributed by atoms with Crippen LogP contribution in [0.5, 0.6) is 0 Å². The molecule has 1 heterocycles. The summed E-state index contributed by atoms with van der Waals surface area (Å²) in [4.78, 5) is 23.3. The predicted molar refractivity (Wildman–Crippen MR) is 84.0 cm³/mol. The Morgan fingerprint density at radius 2 is 1.95 bits per heavy atom. The van der Waals surface area contributed by atoms with Crippen LogP contribution in [0.25, 0.3) is 0 Å². The molecule has 0 aliphatic heterocycles. The zero-order valence-electron chi connectivity index (χ0n) is 13.4. The molecule has 0 amide bonds. The summed E-state index contributed by atoms with van der Waals surface area (Å²) in [5.74, 6) is 0.789. The summed E-state index contributed by atoms with van der Waals surface area (Å²) in [7, 11) is 5.71. The second-order valence-corrected chi connectivity index (χ2v) is 5.05. The van der Waals surface area contributed by atoms with Crippen molar-refractivity contribution < 1.29 is 4.92 Å². The monoisotopic (exact) mass is 296 g/mol. The molecule has 8 nitrogen and oxygen atoms in total. The van der Waals surface area contributed by atoms with E-state index in [1.807, 2.05) is 25.9 Å². The van der Waals surface area contributed by atoms with Gasteiger partial charge in [-0.25, -0.2) is 4.98 Å². The lowest BCUT2D eigenvalue weighted by molar-refractivity contribution is -0.385. The molecule has 0 atom stereocenters. The van der Waals surface area contributed by atoms with E-state index in [4.69, 9.17) is 0 Å². The van der Waals surface area contributed by atoms with E-state index >= 15 is 0 Å². The SMILES string of the molecule is CCN(CCCN(C)C)c1nc(NC)nc(C)c1[N+](=O)[O-]. The first-order valence-corrected chi connectivity index (χ1v) is 7.01. The molecule has 0 aliphatic rings. The van der Waals surface area contributed by atoms with E-state index < -0.39 is 4.92 Å². The van der Waals surface area contributed by atoms with Crippen LogP contribution in [-0.4, -0.2) is 60.6 Å². The highest BCUT2D eigenvalue weighted by atomic mass is 16.6. The number of hydrogen-bond donors (Lipinski definition) is 1. The van der Waals surface area contributed by atoms with Gasteiger partial charge in [0.05, 0.1) is 4.92 Å². The minimum Gasteiger partial charge on any atom is -0.357 e. The molecule has 21 heavy (non-hydrogen) atoms. The number of nitrogens with zero attached hydrogens (tertiary/aromatic N) is 5. The molecule has 0 unspecified atom stereocenters. The molecule has 0 saturated heterocycles. The smallest absolute Gasteiger partial charge is 0.332 e. The first-order valence-electron chi connectivity index (χ1n) is 7.01. The third-order valence-corrected chi connectivity index (χ3v) is 3.16. The minimum atomic E-state index is -0.404. The fraction of sp³-hybridized carbons (Fsp3) is 0.692. The van der Waals surface area contributed by atoms with Gasteiger partial charge in [-0.15, -0.1) is 0 Å². The average molecular weight is 296 g/mol. The van der Waals surface area contributed by atoms with Gasteiger partial charge < -0.3 is 15.1 Å². The van der Waals surface area contributed by atoms with Crippen molar-refractivity contribution in [1.29, 1.82) is 0 Å². The fourth-order valence-corrected chi connectivity index (χ4v) is 2.09.